The summed E-state index contributed by atoms with van der Waals surface area (Å²) in [6.07, 6.45) is 10.2. The Balaban J connectivity index is 1.04. The van der Waals surface area contributed by atoms with Gasteiger partial charge in [0, 0.05) is 55.7 Å². The number of carbonyl (C=O) groups excluding carboxylic acids is 1. The van der Waals surface area contributed by atoms with Crippen LogP contribution in [0.25, 0.3) is 10.9 Å². The zero-order valence-corrected chi connectivity index (χ0v) is 19.5. The molecule has 5 rings (SSSR count). The molecule has 2 fully saturated rings. The lowest BCUT2D eigenvalue weighted by molar-refractivity contribution is -0.155. The Bertz CT molecular complexity index is 1070. The molecule has 1 aromatic carbocycles. The number of hydrogen-bond donors (Lipinski definition) is 2. The maximum atomic E-state index is 12.4. The number of piperidine rings is 1. The summed E-state index contributed by atoms with van der Waals surface area (Å²) < 4.78 is 11.1. The van der Waals surface area contributed by atoms with Crippen molar-refractivity contribution in [2.45, 2.75) is 44.9 Å². The molecule has 3 aromatic rings. The van der Waals surface area contributed by atoms with Gasteiger partial charge in [0.25, 0.3) is 0 Å². The summed E-state index contributed by atoms with van der Waals surface area (Å²) in [5.41, 5.74) is 2.98. The van der Waals surface area contributed by atoms with E-state index in [-0.39, 0.29) is 18.7 Å². The Hall–Kier alpha value is -2.81. The molecule has 0 bridgehead atoms. The standard InChI is InChI=1S/C26H33N5O3/c32-24(18-34-25-7-3-4-12-33-25)21-16-29-26(30-17-21)31-10-8-19(9-11-31)13-27-14-20-15-28-23-6-2-1-5-22(20)23/h1-2,5-6,15-17,19,25,27-28H,3-4,7-14,18H2. The summed E-state index contributed by atoms with van der Waals surface area (Å²) in [6, 6.07) is 8.42. The van der Waals surface area contributed by atoms with Crippen molar-refractivity contribution in [3.05, 3.63) is 54.0 Å². The fraction of sp³-hybridized carbons (Fsp3) is 0.500. The van der Waals surface area contributed by atoms with Crippen molar-refractivity contribution in [2.24, 2.45) is 5.92 Å². The number of H-pyrrole nitrogens is 1. The van der Waals surface area contributed by atoms with Crippen LogP contribution in [-0.4, -0.2) is 59.9 Å². The van der Waals surface area contributed by atoms with Crippen LogP contribution in [0, 0.1) is 5.92 Å². The molecule has 180 valence electrons. The van der Waals surface area contributed by atoms with Gasteiger partial charge in [0.05, 0.1) is 5.56 Å². The maximum Gasteiger partial charge on any atom is 0.225 e. The monoisotopic (exact) mass is 463 g/mol. The summed E-state index contributed by atoms with van der Waals surface area (Å²) in [4.78, 5) is 26.8. The fourth-order valence-corrected chi connectivity index (χ4v) is 4.75. The smallest absolute Gasteiger partial charge is 0.225 e. The number of Topliss-reactive ketones (excluding diaryl/α,β-unsaturated/α-hetero) is 1. The summed E-state index contributed by atoms with van der Waals surface area (Å²) in [6.45, 7) is 4.44. The van der Waals surface area contributed by atoms with Gasteiger partial charge in [0.1, 0.15) is 6.61 Å². The number of anilines is 1. The number of rotatable bonds is 9. The van der Waals surface area contributed by atoms with E-state index >= 15 is 0 Å². The van der Waals surface area contributed by atoms with E-state index in [1.165, 1.54) is 16.5 Å². The summed E-state index contributed by atoms with van der Waals surface area (Å²) in [7, 11) is 0. The van der Waals surface area contributed by atoms with E-state index < -0.39 is 0 Å². The third-order valence-corrected chi connectivity index (χ3v) is 6.82. The van der Waals surface area contributed by atoms with Crippen molar-refractivity contribution in [2.75, 3.05) is 37.7 Å². The molecule has 2 saturated heterocycles. The first kappa shape index (κ1) is 23.0. The highest BCUT2D eigenvalue weighted by molar-refractivity contribution is 5.96. The number of ketones is 1. The highest BCUT2D eigenvalue weighted by Crippen LogP contribution is 2.21. The normalized spacial score (nSPS) is 19.5. The van der Waals surface area contributed by atoms with E-state index in [0.717, 1.165) is 58.3 Å². The minimum Gasteiger partial charge on any atom is -0.361 e. The number of hydrogen-bond acceptors (Lipinski definition) is 7. The average Bonchev–Trinajstić information content (AvgIpc) is 3.31. The molecule has 4 heterocycles. The lowest BCUT2D eigenvalue weighted by atomic mass is 9.97. The van der Waals surface area contributed by atoms with Gasteiger partial charge >= 0.3 is 0 Å². The molecule has 0 aliphatic carbocycles. The van der Waals surface area contributed by atoms with E-state index in [0.29, 0.717) is 24.0 Å². The SMILES string of the molecule is O=C(COC1CCCCO1)c1cnc(N2CCC(CNCc3c[nH]c4ccccc34)CC2)nc1. The number of para-hydroxylation sites is 1. The van der Waals surface area contributed by atoms with Crippen molar-refractivity contribution >= 4 is 22.6 Å². The van der Waals surface area contributed by atoms with Gasteiger partial charge in [-0.25, -0.2) is 9.97 Å². The topological polar surface area (TPSA) is 92.4 Å². The van der Waals surface area contributed by atoms with Crippen LogP contribution in [0.5, 0.6) is 0 Å². The lowest BCUT2D eigenvalue weighted by Crippen LogP contribution is -2.38. The van der Waals surface area contributed by atoms with E-state index in [2.05, 4.69) is 55.6 Å². The Morgan fingerprint density at radius 1 is 1.15 bits per heavy atom. The third-order valence-electron chi connectivity index (χ3n) is 6.82. The van der Waals surface area contributed by atoms with Crippen LogP contribution in [0.2, 0.25) is 0 Å². The molecule has 2 aromatic heterocycles. The second-order valence-corrected chi connectivity index (χ2v) is 9.22. The van der Waals surface area contributed by atoms with Crippen molar-refractivity contribution in [3.63, 3.8) is 0 Å². The summed E-state index contributed by atoms with van der Waals surface area (Å²) >= 11 is 0. The van der Waals surface area contributed by atoms with E-state index in [1.54, 1.807) is 12.4 Å². The molecule has 1 atom stereocenters. The first-order valence-electron chi connectivity index (χ1n) is 12.4. The van der Waals surface area contributed by atoms with Crippen LogP contribution in [0.1, 0.15) is 48.0 Å². The minimum atomic E-state index is -0.268. The predicted octanol–water partition coefficient (Wildman–Crippen LogP) is 3.69. The highest BCUT2D eigenvalue weighted by Gasteiger charge is 2.22. The number of ether oxygens (including phenoxy) is 2. The molecule has 0 amide bonds. The molecule has 8 heteroatoms. The second kappa shape index (κ2) is 11.1. The van der Waals surface area contributed by atoms with Crippen molar-refractivity contribution < 1.29 is 14.3 Å². The van der Waals surface area contributed by atoms with Gasteiger partial charge in [-0.15, -0.1) is 0 Å². The summed E-state index contributed by atoms with van der Waals surface area (Å²) in [5.74, 6) is 1.22. The van der Waals surface area contributed by atoms with Gasteiger partial charge in [-0.1, -0.05) is 18.2 Å². The van der Waals surface area contributed by atoms with E-state index in [1.807, 2.05) is 0 Å². The van der Waals surface area contributed by atoms with Gasteiger partial charge in [-0.05, 0) is 56.2 Å². The molecule has 34 heavy (non-hydrogen) atoms. The van der Waals surface area contributed by atoms with E-state index in [4.69, 9.17) is 9.47 Å². The van der Waals surface area contributed by atoms with Crippen molar-refractivity contribution in [1.82, 2.24) is 20.3 Å². The first-order valence-corrected chi connectivity index (χ1v) is 12.4. The summed E-state index contributed by atoms with van der Waals surface area (Å²) in [5, 5.41) is 4.92. The number of aromatic amines is 1. The number of fused-ring (bicyclic) bond motifs is 1. The Kier molecular flexibility index (Phi) is 7.48. The molecule has 2 aliphatic rings. The zero-order chi connectivity index (χ0) is 23.2. The fourth-order valence-electron chi connectivity index (χ4n) is 4.75. The van der Waals surface area contributed by atoms with Gasteiger partial charge in [0.2, 0.25) is 5.95 Å². The van der Waals surface area contributed by atoms with Crippen LogP contribution in [0.4, 0.5) is 5.95 Å². The van der Waals surface area contributed by atoms with E-state index in [9.17, 15) is 4.79 Å². The molecular weight excluding hydrogens is 430 g/mol. The van der Waals surface area contributed by atoms with Crippen LogP contribution < -0.4 is 10.2 Å². The molecule has 2 N–H and O–H groups in total. The van der Waals surface area contributed by atoms with Gasteiger partial charge < -0.3 is 24.7 Å². The first-order chi connectivity index (χ1) is 16.8. The number of carbonyl (C=O) groups is 1. The number of nitrogens with one attached hydrogen (secondary N) is 2. The molecular formula is C26H33N5O3. The Morgan fingerprint density at radius 2 is 1.97 bits per heavy atom. The van der Waals surface area contributed by atoms with Gasteiger partial charge in [0.15, 0.2) is 12.1 Å². The average molecular weight is 464 g/mol. The highest BCUT2D eigenvalue weighted by atomic mass is 16.7. The van der Waals surface area contributed by atoms with Crippen molar-refractivity contribution in [1.29, 1.82) is 0 Å². The van der Waals surface area contributed by atoms with Crippen LogP contribution in [0.15, 0.2) is 42.9 Å². The Morgan fingerprint density at radius 3 is 2.76 bits per heavy atom. The Labute approximate surface area is 200 Å². The van der Waals surface area contributed by atoms with Crippen LogP contribution >= 0.6 is 0 Å². The predicted molar refractivity (Wildman–Crippen MR) is 131 cm³/mol. The third kappa shape index (κ3) is 5.63. The molecule has 2 aliphatic heterocycles. The molecule has 0 saturated carbocycles. The van der Waals surface area contributed by atoms with Gasteiger partial charge in [-0.3, -0.25) is 4.79 Å². The van der Waals surface area contributed by atoms with Crippen LogP contribution in [-0.2, 0) is 16.0 Å². The molecule has 8 nitrogen and oxygen atoms in total. The van der Waals surface area contributed by atoms with Crippen LogP contribution in [0.3, 0.4) is 0 Å². The molecule has 0 spiro atoms. The van der Waals surface area contributed by atoms with Crippen molar-refractivity contribution in [3.8, 4) is 0 Å². The largest absolute Gasteiger partial charge is 0.361 e. The quantitative estimate of drug-likeness (QED) is 0.468. The second-order valence-electron chi connectivity index (χ2n) is 9.22. The maximum absolute atomic E-state index is 12.4. The number of aromatic nitrogens is 3. The molecule has 1 unspecified atom stereocenters. The molecule has 0 radical (unpaired) electrons. The zero-order valence-electron chi connectivity index (χ0n) is 19.5. The van der Waals surface area contributed by atoms with Gasteiger partial charge in [-0.2, -0.15) is 0 Å². The number of nitrogens with zero attached hydrogens (tertiary/aromatic N) is 3. The minimum absolute atomic E-state index is 0.00428. The number of benzene rings is 1. The lowest BCUT2D eigenvalue weighted by Gasteiger charge is -2.32.